The van der Waals surface area contributed by atoms with Gasteiger partial charge in [-0.05, 0) is 26.2 Å². The molecule has 0 fully saturated rings. The van der Waals surface area contributed by atoms with Gasteiger partial charge in [0.25, 0.3) is 0 Å². The zero-order valence-corrected chi connectivity index (χ0v) is 22.6. The van der Waals surface area contributed by atoms with Gasteiger partial charge in [0.15, 0.2) is 0 Å². The molecule has 0 bridgehead atoms. The number of nitrogens with zero attached hydrogens (tertiary/aromatic N) is 2. The van der Waals surface area contributed by atoms with Gasteiger partial charge in [-0.2, -0.15) is 0 Å². The van der Waals surface area contributed by atoms with Crippen LogP contribution in [-0.4, -0.2) is 29.1 Å². The lowest BCUT2D eigenvalue weighted by Crippen LogP contribution is -2.38. The van der Waals surface area contributed by atoms with Crippen molar-refractivity contribution in [1.29, 1.82) is 0 Å². The normalized spacial score (nSPS) is 15.9. The smallest absolute Gasteiger partial charge is 0.101 e. The molecule has 1 heterocycles. The first kappa shape index (κ1) is 29.4. The lowest BCUT2D eigenvalue weighted by molar-refractivity contribution is 0.142. The van der Waals surface area contributed by atoms with Crippen LogP contribution in [0.4, 0.5) is 0 Å². The van der Waals surface area contributed by atoms with Crippen molar-refractivity contribution < 1.29 is 0 Å². The van der Waals surface area contributed by atoms with E-state index >= 15 is 0 Å². The summed E-state index contributed by atoms with van der Waals surface area (Å²) >= 11 is 0. The highest BCUT2D eigenvalue weighted by molar-refractivity contribution is 4.96. The number of rotatable bonds is 24. The Morgan fingerprint density at radius 1 is 0.438 bits per heavy atom. The molecule has 0 spiro atoms. The van der Waals surface area contributed by atoms with Crippen molar-refractivity contribution in [2.24, 2.45) is 0 Å². The van der Waals surface area contributed by atoms with Gasteiger partial charge >= 0.3 is 0 Å². The summed E-state index contributed by atoms with van der Waals surface area (Å²) in [6.45, 7) is 9.32. The van der Waals surface area contributed by atoms with Gasteiger partial charge in [-0.3, -0.25) is 0 Å². The first-order chi connectivity index (χ1) is 15.8. The Bertz CT molecular complexity index is 406. The molecule has 1 rings (SSSR count). The van der Waals surface area contributed by atoms with Crippen LogP contribution in [0.2, 0.25) is 0 Å². The molecule has 1 atom stereocenters. The number of hydrogen-bond acceptors (Lipinski definition) is 2. The van der Waals surface area contributed by atoms with E-state index in [0.29, 0.717) is 6.17 Å². The van der Waals surface area contributed by atoms with E-state index in [1.54, 1.807) is 0 Å². The van der Waals surface area contributed by atoms with Crippen LogP contribution in [0, 0.1) is 0 Å². The fraction of sp³-hybridized carbons (Fsp3) is 0.933. The Labute approximate surface area is 203 Å². The van der Waals surface area contributed by atoms with Crippen molar-refractivity contribution in [2.75, 3.05) is 13.1 Å². The first-order valence-electron chi connectivity index (χ1n) is 15.0. The van der Waals surface area contributed by atoms with Gasteiger partial charge in [0, 0.05) is 25.5 Å². The van der Waals surface area contributed by atoms with Gasteiger partial charge in [-0.25, -0.2) is 0 Å². The number of hydrogen-bond donors (Lipinski definition) is 0. The van der Waals surface area contributed by atoms with Crippen LogP contribution in [0.1, 0.15) is 162 Å². The summed E-state index contributed by atoms with van der Waals surface area (Å²) in [4.78, 5) is 5.20. The molecule has 0 amide bonds. The van der Waals surface area contributed by atoms with Crippen LogP contribution < -0.4 is 0 Å². The molecule has 190 valence electrons. The predicted molar refractivity (Wildman–Crippen MR) is 145 cm³/mol. The zero-order chi connectivity index (χ0) is 23.1. The molecule has 1 unspecified atom stereocenters. The summed E-state index contributed by atoms with van der Waals surface area (Å²) in [5.41, 5.74) is 0. The maximum Gasteiger partial charge on any atom is 0.101 e. The molecule has 0 radical (unpaired) electrons. The molecule has 0 aromatic heterocycles. The highest BCUT2D eigenvalue weighted by Crippen LogP contribution is 2.23. The second kappa shape index (κ2) is 22.1. The summed E-state index contributed by atoms with van der Waals surface area (Å²) in [5.74, 6) is 0. The predicted octanol–water partition coefficient (Wildman–Crippen LogP) is 10.0. The third-order valence-corrected chi connectivity index (χ3v) is 7.42. The van der Waals surface area contributed by atoms with Gasteiger partial charge in [-0.15, -0.1) is 0 Å². The lowest BCUT2D eigenvalue weighted by atomic mass is 10.0. The van der Waals surface area contributed by atoms with Crippen LogP contribution in [0.5, 0.6) is 0 Å². The van der Waals surface area contributed by atoms with Crippen LogP contribution in [0.3, 0.4) is 0 Å². The minimum atomic E-state index is 0.636. The molecule has 0 aliphatic carbocycles. The summed E-state index contributed by atoms with van der Waals surface area (Å²) in [5, 5.41) is 0. The molecule has 2 heteroatoms. The number of unbranched alkanes of at least 4 members (excludes halogenated alkanes) is 19. The first-order valence-corrected chi connectivity index (χ1v) is 15.0. The van der Waals surface area contributed by atoms with Crippen LogP contribution in [0.15, 0.2) is 12.4 Å². The van der Waals surface area contributed by atoms with Crippen LogP contribution >= 0.6 is 0 Å². The van der Waals surface area contributed by atoms with E-state index in [9.17, 15) is 0 Å². The SMILES string of the molecule is CCCCCCCCCCCCCCC1N(CC)C=CN1CCCCCCCCCCC. The molecule has 1 aliphatic heterocycles. The zero-order valence-electron chi connectivity index (χ0n) is 22.6. The maximum atomic E-state index is 2.64. The van der Waals surface area contributed by atoms with Crippen molar-refractivity contribution >= 4 is 0 Å². The van der Waals surface area contributed by atoms with E-state index in [-0.39, 0.29) is 0 Å². The third kappa shape index (κ3) is 15.2. The molecule has 1 aliphatic rings. The van der Waals surface area contributed by atoms with E-state index in [4.69, 9.17) is 0 Å². The van der Waals surface area contributed by atoms with Crippen molar-refractivity contribution in [3.8, 4) is 0 Å². The second-order valence-electron chi connectivity index (χ2n) is 10.4. The fourth-order valence-corrected chi connectivity index (χ4v) is 5.20. The standard InChI is InChI=1S/C30H60N2/c1-4-7-9-11-13-15-16-17-18-20-22-24-26-30-31(6-3)28-29-32(30)27-25-23-21-19-14-12-10-8-5-2/h28-30H,4-27H2,1-3H3. The fourth-order valence-electron chi connectivity index (χ4n) is 5.20. The lowest BCUT2D eigenvalue weighted by Gasteiger charge is -2.32. The second-order valence-corrected chi connectivity index (χ2v) is 10.4. The van der Waals surface area contributed by atoms with Crippen molar-refractivity contribution in [1.82, 2.24) is 9.80 Å². The quantitative estimate of drug-likeness (QED) is 0.135. The molecule has 0 aromatic carbocycles. The molecule has 0 N–H and O–H groups in total. The van der Waals surface area contributed by atoms with E-state index in [1.807, 2.05) is 0 Å². The average molecular weight is 449 g/mol. The van der Waals surface area contributed by atoms with Gasteiger partial charge in [0.2, 0.25) is 0 Å². The molecular formula is C30H60N2. The Hall–Kier alpha value is -0.660. The van der Waals surface area contributed by atoms with Crippen LogP contribution in [0.25, 0.3) is 0 Å². The molecular weight excluding hydrogens is 388 g/mol. The summed E-state index contributed by atoms with van der Waals surface area (Å²) < 4.78 is 0. The Balaban J connectivity index is 2.01. The van der Waals surface area contributed by atoms with Crippen molar-refractivity contribution in [3.05, 3.63) is 12.4 Å². The van der Waals surface area contributed by atoms with Gasteiger partial charge in [0.1, 0.15) is 6.17 Å². The third-order valence-electron chi connectivity index (χ3n) is 7.42. The molecule has 2 nitrogen and oxygen atoms in total. The van der Waals surface area contributed by atoms with E-state index in [0.717, 1.165) is 6.54 Å². The Kier molecular flexibility index (Phi) is 20.3. The molecule has 0 aromatic rings. The average Bonchev–Trinajstić information content (AvgIpc) is 3.20. The van der Waals surface area contributed by atoms with E-state index in [2.05, 4.69) is 43.0 Å². The highest BCUT2D eigenvalue weighted by Gasteiger charge is 2.23. The Morgan fingerprint density at radius 2 is 0.812 bits per heavy atom. The van der Waals surface area contributed by atoms with E-state index in [1.165, 1.54) is 148 Å². The Morgan fingerprint density at radius 3 is 1.25 bits per heavy atom. The topological polar surface area (TPSA) is 6.48 Å². The summed E-state index contributed by atoms with van der Waals surface area (Å²) in [6.07, 6.45) is 36.8. The summed E-state index contributed by atoms with van der Waals surface area (Å²) in [7, 11) is 0. The maximum absolute atomic E-state index is 2.64. The monoisotopic (exact) mass is 448 g/mol. The molecule has 0 saturated carbocycles. The van der Waals surface area contributed by atoms with Crippen molar-refractivity contribution in [2.45, 2.75) is 168 Å². The van der Waals surface area contributed by atoms with Crippen LogP contribution in [-0.2, 0) is 0 Å². The minimum absolute atomic E-state index is 0.636. The minimum Gasteiger partial charge on any atom is -0.356 e. The van der Waals surface area contributed by atoms with E-state index < -0.39 is 0 Å². The molecule has 0 saturated heterocycles. The van der Waals surface area contributed by atoms with Gasteiger partial charge in [-0.1, -0.05) is 136 Å². The van der Waals surface area contributed by atoms with Crippen molar-refractivity contribution in [3.63, 3.8) is 0 Å². The molecule has 32 heavy (non-hydrogen) atoms. The highest BCUT2D eigenvalue weighted by atomic mass is 15.4. The van der Waals surface area contributed by atoms with Gasteiger partial charge < -0.3 is 9.80 Å². The van der Waals surface area contributed by atoms with Gasteiger partial charge in [0.05, 0.1) is 0 Å². The summed E-state index contributed by atoms with van der Waals surface area (Å²) in [6, 6.07) is 0. The largest absolute Gasteiger partial charge is 0.356 e.